The van der Waals surface area contributed by atoms with Gasteiger partial charge in [0.25, 0.3) is 5.89 Å². The second kappa shape index (κ2) is 6.62. The summed E-state index contributed by atoms with van der Waals surface area (Å²) in [7, 11) is 0. The summed E-state index contributed by atoms with van der Waals surface area (Å²) in [5.41, 5.74) is 5.43. The lowest BCUT2D eigenvalue weighted by Gasteiger charge is -2.37. The first kappa shape index (κ1) is 16.5. The molecule has 0 bridgehead atoms. The summed E-state index contributed by atoms with van der Waals surface area (Å²) < 4.78 is 37.2. The third kappa shape index (κ3) is 3.26. The van der Waals surface area contributed by atoms with Gasteiger partial charge in [0, 0.05) is 12.6 Å². The number of ether oxygens (including phenoxy) is 1. The predicted octanol–water partition coefficient (Wildman–Crippen LogP) is 1.09. The summed E-state index contributed by atoms with van der Waals surface area (Å²) in [6, 6.07) is 2.47. The Morgan fingerprint density at radius 1 is 1.46 bits per heavy atom. The van der Waals surface area contributed by atoms with Crippen molar-refractivity contribution in [2.75, 3.05) is 13.2 Å². The van der Waals surface area contributed by atoms with Crippen LogP contribution in [0.15, 0.2) is 22.7 Å². The van der Waals surface area contributed by atoms with E-state index in [-0.39, 0.29) is 29.9 Å². The van der Waals surface area contributed by atoms with E-state index in [9.17, 15) is 13.6 Å². The molecule has 2 heterocycles. The van der Waals surface area contributed by atoms with Crippen LogP contribution in [0.2, 0.25) is 0 Å². The van der Waals surface area contributed by atoms with Crippen LogP contribution in [-0.4, -0.2) is 46.2 Å². The maximum Gasteiger partial charge on any atom is 0.260 e. The Bertz CT molecular complexity index is 752. The Balaban J connectivity index is 1.79. The van der Waals surface area contributed by atoms with Gasteiger partial charge in [-0.05, 0) is 19.1 Å². The number of nitrogens with two attached hydrogens (primary N) is 1. The molecule has 9 heteroatoms. The summed E-state index contributed by atoms with van der Waals surface area (Å²) in [5, 5.41) is 3.79. The number of halogens is 2. The highest BCUT2D eigenvalue weighted by Crippen LogP contribution is 2.23. The van der Waals surface area contributed by atoms with Crippen LogP contribution in [0.5, 0.6) is 0 Å². The molecule has 0 aliphatic carbocycles. The summed E-state index contributed by atoms with van der Waals surface area (Å²) in [6.07, 6.45) is -0.350. The summed E-state index contributed by atoms with van der Waals surface area (Å²) in [6.45, 7) is 2.89. The van der Waals surface area contributed by atoms with Crippen LogP contribution in [0, 0.1) is 11.6 Å². The fourth-order valence-electron chi connectivity index (χ4n) is 2.74. The number of primary amides is 1. The highest BCUT2D eigenvalue weighted by atomic mass is 19.1. The molecule has 1 fully saturated rings. The molecule has 2 atom stereocenters. The van der Waals surface area contributed by atoms with E-state index in [4.69, 9.17) is 15.0 Å². The van der Waals surface area contributed by atoms with Crippen LogP contribution in [-0.2, 0) is 16.1 Å². The minimum atomic E-state index is -0.791. The smallest absolute Gasteiger partial charge is 0.260 e. The molecule has 1 saturated heterocycles. The Morgan fingerprint density at radius 2 is 2.25 bits per heavy atom. The second-order valence-corrected chi connectivity index (χ2v) is 5.53. The van der Waals surface area contributed by atoms with E-state index in [0.717, 1.165) is 12.1 Å². The lowest BCUT2D eigenvalue weighted by molar-refractivity contribution is -0.136. The second-order valence-electron chi connectivity index (χ2n) is 5.53. The number of benzene rings is 1. The maximum atomic E-state index is 13.8. The minimum Gasteiger partial charge on any atom is -0.375 e. The molecule has 1 aromatic heterocycles. The zero-order valence-corrected chi connectivity index (χ0v) is 12.9. The number of hydrogen-bond acceptors (Lipinski definition) is 6. The largest absolute Gasteiger partial charge is 0.375 e. The van der Waals surface area contributed by atoms with Crippen molar-refractivity contribution in [3.8, 4) is 11.5 Å². The number of amides is 1. The summed E-state index contributed by atoms with van der Waals surface area (Å²) >= 11 is 0. The molecule has 128 valence electrons. The van der Waals surface area contributed by atoms with Gasteiger partial charge >= 0.3 is 0 Å². The van der Waals surface area contributed by atoms with Crippen molar-refractivity contribution >= 4 is 5.91 Å². The first-order chi connectivity index (χ1) is 11.5. The molecule has 2 N–H and O–H groups in total. The number of rotatable bonds is 4. The van der Waals surface area contributed by atoms with E-state index >= 15 is 0 Å². The van der Waals surface area contributed by atoms with Crippen molar-refractivity contribution in [1.29, 1.82) is 0 Å². The Morgan fingerprint density at radius 3 is 2.96 bits per heavy atom. The highest BCUT2D eigenvalue weighted by molar-refractivity contribution is 5.80. The van der Waals surface area contributed by atoms with Gasteiger partial charge in [-0.3, -0.25) is 9.69 Å². The van der Waals surface area contributed by atoms with E-state index in [1.807, 2.05) is 0 Å². The summed E-state index contributed by atoms with van der Waals surface area (Å²) in [4.78, 5) is 17.5. The number of nitrogens with zero attached hydrogens (tertiary/aromatic N) is 3. The van der Waals surface area contributed by atoms with Gasteiger partial charge in [0.2, 0.25) is 5.91 Å². The normalized spacial score (nSPS) is 21.8. The van der Waals surface area contributed by atoms with Crippen LogP contribution in [0.25, 0.3) is 11.5 Å². The molecular weight excluding hydrogens is 322 g/mol. The van der Waals surface area contributed by atoms with Crippen LogP contribution < -0.4 is 5.73 Å². The molecule has 0 saturated carbocycles. The van der Waals surface area contributed by atoms with Crippen LogP contribution in [0.1, 0.15) is 12.7 Å². The molecule has 1 aliphatic rings. The van der Waals surface area contributed by atoms with Crippen LogP contribution in [0.4, 0.5) is 8.78 Å². The molecule has 1 aliphatic heterocycles. The van der Waals surface area contributed by atoms with Gasteiger partial charge in [0.05, 0.1) is 24.8 Å². The molecule has 2 aromatic rings. The molecule has 0 unspecified atom stereocenters. The number of carbonyl (C=O) groups is 1. The van der Waals surface area contributed by atoms with Crippen molar-refractivity contribution < 1.29 is 22.8 Å². The minimum absolute atomic E-state index is 0.0111. The average Bonchev–Trinajstić information content (AvgIpc) is 2.95. The molecule has 1 aromatic carbocycles. The van der Waals surface area contributed by atoms with Crippen LogP contribution in [0.3, 0.4) is 0 Å². The highest BCUT2D eigenvalue weighted by Gasteiger charge is 2.34. The van der Waals surface area contributed by atoms with Gasteiger partial charge in [-0.2, -0.15) is 4.98 Å². The molecule has 0 spiro atoms. The zero-order chi connectivity index (χ0) is 17.3. The summed E-state index contributed by atoms with van der Waals surface area (Å²) in [5.74, 6) is -1.77. The molecular formula is C15H16F2N4O3. The number of carbonyl (C=O) groups excluding carboxylic acids is 1. The van der Waals surface area contributed by atoms with Gasteiger partial charge in [0.15, 0.2) is 5.82 Å². The van der Waals surface area contributed by atoms with Gasteiger partial charge in [-0.25, -0.2) is 8.78 Å². The number of aromatic nitrogens is 2. The fraction of sp³-hybridized carbons (Fsp3) is 0.400. The number of hydrogen-bond donors (Lipinski definition) is 1. The van der Waals surface area contributed by atoms with E-state index in [1.165, 1.54) is 6.07 Å². The quantitative estimate of drug-likeness (QED) is 0.897. The Kier molecular flexibility index (Phi) is 4.54. The topological polar surface area (TPSA) is 94.5 Å². The van der Waals surface area contributed by atoms with E-state index < -0.39 is 23.6 Å². The lowest BCUT2D eigenvalue weighted by Crippen LogP contribution is -2.56. The van der Waals surface area contributed by atoms with Crippen LogP contribution >= 0.6 is 0 Å². The molecule has 0 radical (unpaired) electrons. The third-order valence-electron chi connectivity index (χ3n) is 3.86. The zero-order valence-electron chi connectivity index (χ0n) is 12.9. The standard InChI is InChI=1S/C15H16F2N4O3/c1-8-13(14(18)22)21(4-5-23-8)7-12-19-15(24-20-12)10-3-2-9(16)6-11(10)17/h2-3,6,8,13H,4-5,7H2,1H3,(H2,18,22)/t8-,13+/m1/s1. The maximum absolute atomic E-state index is 13.8. The number of morpholine rings is 1. The van der Waals surface area contributed by atoms with Gasteiger partial charge in [-0.15, -0.1) is 0 Å². The molecule has 1 amide bonds. The van der Waals surface area contributed by atoms with Gasteiger partial charge in [0.1, 0.15) is 17.7 Å². The monoisotopic (exact) mass is 338 g/mol. The van der Waals surface area contributed by atoms with Crippen molar-refractivity contribution in [3.63, 3.8) is 0 Å². The molecule has 3 rings (SSSR count). The molecule has 7 nitrogen and oxygen atoms in total. The Labute approximate surface area is 136 Å². The van der Waals surface area contributed by atoms with Gasteiger partial charge in [-0.1, -0.05) is 5.16 Å². The first-order valence-electron chi connectivity index (χ1n) is 7.38. The fourth-order valence-corrected chi connectivity index (χ4v) is 2.74. The van der Waals surface area contributed by atoms with E-state index in [0.29, 0.717) is 13.2 Å². The van der Waals surface area contributed by atoms with Gasteiger partial charge < -0.3 is 15.0 Å². The van der Waals surface area contributed by atoms with E-state index in [1.54, 1.807) is 11.8 Å². The van der Waals surface area contributed by atoms with Crippen molar-refractivity contribution in [2.24, 2.45) is 5.73 Å². The third-order valence-corrected chi connectivity index (χ3v) is 3.86. The van der Waals surface area contributed by atoms with Crippen molar-refractivity contribution in [1.82, 2.24) is 15.0 Å². The average molecular weight is 338 g/mol. The predicted molar refractivity (Wildman–Crippen MR) is 78.5 cm³/mol. The first-order valence-corrected chi connectivity index (χ1v) is 7.38. The SMILES string of the molecule is C[C@H]1OCCN(Cc2noc(-c3ccc(F)cc3F)n2)[C@@H]1C(N)=O. The molecule has 24 heavy (non-hydrogen) atoms. The van der Waals surface area contributed by atoms with Crippen molar-refractivity contribution in [2.45, 2.75) is 25.6 Å². The Hall–Kier alpha value is -2.39. The van der Waals surface area contributed by atoms with E-state index in [2.05, 4.69) is 10.1 Å². The van der Waals surface area contributed by atoms with Crippen molar-refractivity contribution in [3.05, 3.63) is 35.7 Å². The lowest BCUT2D eigenvalue weighted by atomic mass is 10.1.